The number of hydrogen-bond acceptors (Lipinski definition) is 1. The zero-order chi connectivity index (χ0) is 8.97. The third kappa shape index (κ3) is 3.14. The van der Waals surface area contributed by atoms with Gasteiger partial charge in [0.05, 0.1) is 0 Å². The van der Waals surface area contributed by atoms with E-state index in [0.717, 1.165) is 17.9 Å². The van der Waals surface area contributed by atoms with Crippen molar-refractivity contribution in [1.29, 1.82) is 0 Å². The molecule has 1 fully saturated rings. The van der Waals surface area contributed by atoms with E-state index in [2.05, 4.69) is 26.1 Å². The van der Waals surface area contributed by atoms with Gasteiger partial charge in [-0.1, -0.05) is 33.6 Å². The summed E-state index contributed by atoms with van der Waals surface area (Å²) in [5.41, 5.74) is 0. The van der Waals surface area contributed by atoms with Gasteiger partial charge in [-0.2, -0.15) is 0 Å². The Balaban J connectivity index is 1.96. The average Bonchev–Trinajstić information content (AvgIpc) is 2.80. The lowest BCUT2D eigenvalue weighted by atomic mass is 10.1. The second-order valence-electron chi connectivity index (χ2n) is 4.31. The van der Waals surface area contributed by atoms with Gasteiger partial charge in [0.15, 0.2) is 0 Å². The number of nitrogens with one attached hydrogen (secondary N) is 1. The molecule has 1 heteroatoms. The van der Waals surface area contributed by atoms with Gasteiger partial charge in [-0.3, -0.25) is 0 Å². The molecule has 0 amide bonds. The summed E-state index contributed by atoms with van der Waals surface area (Å²) in [6, 6.07) is 0.874. The molecular weight excluding hydrogens is 146 g/mol. The minimum absolute atomic E-state index is 0.855. The van der Waals surface area contributed by atoms with Crippen molar-refractivity contribution in [1.82, 2.24) is 5.32 Å². The van der Waals surface area contributed by atoms with Crippen LogP contribution in [0.15, 0.2) is 0 Å². The second kappa shape index (κ2) is 4.86. The normalized spacial score (nSPS) is 30.2. The highest BCUT2D eigenvalue weighted by Crippen LogP contribution is 2.34. The summed E-state index contributed by atoms with van der Waals surface area (Å²) >= 11 is 0. The van der Waals surface area contributed by atoms with Gasteiger partial charge in [-0.15, -0.1) is 0 Å². The van der Waals surface area contributed by atoms with Crippen LogP contribution in [-0.2, 0) is 0 Å². The zero-order valence-corrected chi connectivity index (χ0v) is 8.77. The van der Waals surface area contributed by atoms with Gasteiger partial charge in [-0.05, 0) is 31.2 Å². The van der Waals surface area contributed by atoms with E-state index in [9.17, 15) is 0 Å². The van der Waals surface area contributed by atoms with Gasteiger partial charge in [0, 0.05) is 6.04 Å². The van der Waals surface area contributed by atoms with E-state index in [-0.39, 0.29) is 0 Å². The molecule has 72 valence electrons. The van der Waals surface area contributed by atoms with Crippen LogP contribution in [0.25, 0.3) is 0 Å². The summed E-state index contributed by atoms with van der Waals surface area (Å²) < 4.78 is 0. The molecular formula is C11H23N. The SMILES string of the molecule is CCCC1CC1NCC(C)CC. The quantitative estimate of drug-likeness (QED) is 0.644. The van der Waals surface area contributed by atoms with Crippen molar-refractivity contribution in [3.8, 4) is 0 Å². The Bertz CT molecular complexity index is 122. The first kappa shape index (κ1) is 10.0. The zero-order valence-electron chi connectivity index (χ0n) is 8.77. The first-order valence-electron chi connectivity index (χ1n) is 5.51. The highest BCUT2D eigenvalue weighted by molar-refractivity contribution is 4.92. The first-order chi connectivity index (χ1) is 5.77. The highest BCUT2D eigenvalue weighted by Gasteiger charge is 2.35. The summed E-state index contributed by atoms with van der Waals surface area (Å²) in [6.45, 7) is 8.10. The standard InChI is InChI=1S/C11H23N/c1-4-6-10-7-11(10)12-8-9(3)5-2/h9-12H,4-8H2,1-3H3. The van der Waals surface area contributed by atoms with Crippen molar-refractivity contribution in [3.63, 3.8) is 0 Å². The summed E-state index contributed by atoms with van der Waals surface area (Å²) in [6.07, 6.45) is 5.52. The number of hydrogen-bond donors (Lipinski definition) is 1. The fourth-order valence-corrected chi connectivity index (χ4v) is 1.68. The van der Waals surface area contributed by atoms with E-state index in [1.807, 2.05) is 0 Å². The van der Waals surface area contributed by atoms with Gasteiger partial charge in [-0.25, -0.2) is 0 Å². The van der Waals surface area contributed by atoms with Crippen molar-refractivity contribution >= 4 is 0 Å². The molecule has 0 aromatic rings. The largest absolute Gasteiger partial charge is 0.313 e. The van der Waals surface area contributed by atoms with Crippen LogP contribution in [0.2, 0.25) is 0 Å². The topological polar surface area (TPSA) is 12.0 Å². The van der Waals surface area contributed by atoms with Crippen LogP contribution in [0.3, 0.4) is 0 Å². The van der Waals surface area contributed by atoms with E-state index in [1.165, 1.54) is 32.2 Å². The fraction of sp³-hybridized carbons (Fsp3) is 1.00. The smallest absolute Gasteiger partial charge is 0.00992 e. The molecule has 0 heterocycles. The minimum Gasteiger partial charge on any atom is -0.313 e. The maximum Gasteiger partial charge on any atom is 0.00992 e. The Morgan fingerprint density at radius 2 is 2.17 bits per heavy atom. The van der Waals surface area contributed by atoms with Crippen LogP contribution in [0.1, 0.15) is 46.5 Å². The lowest BCUT2D eigenvalue weighted by Gasteiger charge is -2.09. The highest BCUT2D eigenvalue weighted by atomic mass is 15.0. The second-order valence-corrected chi connectivity index (χ2v) is 4.31. The summed E-state index contributed by atoms with van der Waals surface area (Å²) in [7, 11) is 0. The molecule has 1 N–H and O–H groups in total. The molecule has 3 unspecified atom stereocenters. The van der Waals surface area contributed by atoms with E-state index in [0.29, 0.717) is 0 Å². The predicted octanol–water partition coefficient (Wildman–Crippen LogP) is 2.81. The summed E-state index contributed by atoms with van der Waals surface area (Å²) in [5.74, 6) is 1.87. The molecule has 0 aromatic carbocycles. The molecule has 0 saturated heterocycles. The van der Waals surface area contributed by atoms with Gasteiger partial charge < -0.3 is 5.32 Å². The Morgan fingerprint density at radius 3 is 2.75 bits per heavy atom. The first-order valence-corrected chi connectivity index (χ1v) is 5.51. The van der Waals surface area contributed by atoms with Crippen LogP contribution in [0.4, 0.5) is 0 Å². The van der Waals surface area contributed by atoms with Crippen LogP contribution in [0, 0.1) is 11.8 Å². The van der Waals surface area contributed by atoms with Crippen molar-refractivity contribution in [3.05, 3.63) is 0 Å². The molecule has 0 bridgehead atoms. The van der Waals surface area contributed by atoms with Crippen molar-refractivity contribution in [2.45, 2.75) is 52.5 Å². The molecule has 1 saturated carbocycles. The molecule has 1 nitrogen and oxygen atoms in total. The molecule has 0 aromatic heterocycles. The summed E-state index contributed by atoms with van der Waals surface area (Å²) in [5, 5.41) is 3.64. The predicted molar refractivity (Wildman–Crippen MR) is 54.3 cm³/mol. The molecule has 0 spiro atoms. The van der Waals surface area contributed by atoms with Gasteiger partial charge >= 0.3 is 0 Å². The maximum atomic E-state index is 3.64. The maximum absolute atomic E-state index is 3.64. The van der Waals surface area contributed by atoms with E-state index in [1.54, 1.807) is 0 Å². The van der Waals surface area contributed by atoms with Gasteiger partial charge in [0.25, 0.3) is 0 Å². The van der Waals surface area contributed by atoms with Crippen molar-refractivity contribution in [2.24, 2.45) is 11.8 Å². The lowest BCUT2D eigenvalue weighted by Crippen LogP contribution is -2.24. The Labute approximate surface area is 76.9 Å². The fourth-order valence-electron chi connectivity index (χ4n) is 1.68. The van der Waals surface area contributed by atoms with Crippen LogP contribution < -0.4 is 5.32 Å². The Morgan fingerprint density at radius 1 is 1.42 bits per heavy atom. The minimum atomic E-state index is 0.855. The van der Waals surface area contributed by atoms with Crippen LogP contribution >= 0.6 is 0 Å². The average molecular weight is 169 g/mol. The third-order valence-corrected chi connectivity index (χ3v) is 3.01. The van der Waals surface area contributed by atoms with Gasteiger partial charge in [0.1, 0.15) is 0 Å². The number of rotatable bonds is 6. The lowest BCUT2D eigenvalue weighted by molar-refractivity contribution is 0.483. The summed E-state index contributed by atoms with van der Waals surface area (Å²) in [4.78, 5) is 0. The van der Waals surface area contributed by atoms with Gasteiger partial charge in [0.2, 0.25) is 0 Å². The molecule has 0 aliphatic heterocycles. The van der Waals surface area contributed by atoms with Crippen LogP contribution in [0.5, 0.6) is 0 Å². The monoisotopic (exact) mass is 169 g/mol. The Hall–Kier alpha value is -0.0400. The molecule has 12 heavy (non-hydrogen) atoms. The van der Waals surface area contributed by atoms with E-state index >= 15 is 0 Å². The molecule has 1 rings (SSSR count). The third-order valence-electron chi connectivity index (χ3n) is 3.01. The molecule has 0 radical (unpaired) electrons. The molecule has 1 aliphatic rings. The van der Waals surface area contributed by atoms with Crippen molar-refractivity contribution < 1.29 is 0 Å². The van der Waals surface area contributed by atoms with Crippen LogP contribution in [-0.4, -0.2) is 12.6 Å². The molecule has 3 atom stereocenters. The van der Waals surface area contributed by atoms with E-state index in [4.69, 9.17) is 0 Å². The Kier molecular flexibility index (Phi) is 4.07. The molecule has 1 aliphatic carbocycles. The van der Waals surface area contributed by atoms with E-state index < -0.39 is 0 Å². The van der Waals surface area contributed by atoms with Crippen molar-refractivity contribution in [2.75, 3.05) is 6.54 Å².